The van der Waals surface area contributed by atoms with Crippen molar-refractivity contribution in [3.05, 3.63) is 73.1 Å². The number of anilines is 1. The van der Waals surface area contributed by atoms with E-state index in [2.05, 4.69) is 20.4 Å². The van der Waals surface area contributed by atoms with Gasteiger partial charge in [-0.2, -0.15) is 5.10 Å². The topological polar surface area (TPSA) is 81.9 Å². The van der Waals surface area contributed by atoms with E-state index in [0.29, 0.717) is 24.6 Å². The van der Waals surface area contributed by atoms with Crippen LogP contribution in [0.3, 0.4) is 0 Å². The lowest BCUT2D eigenvalue weighted by Crippen LogP contribution is -2.10. The molecule has 3 aromatic rings. The highest BCUT2D eigenvalue weighted by Crippen LogP contribution is 2.17. The Morgan fingerprint density at radius 1 is 1.24 bits per heavy atom. The molecule has 0 fully saturated rings. The van der Waals surface area contributed by atoms with Crippen molar-refractivity contribution in [1.82, 2.24) is 19.7 Å². The first kappa shape index (κ1) is 16.4. The van der Waals surface area contributed by atoms with Crippen LogP contribution in [0.25, 0.3) is 6.08 Å². The first-order valence-electron chi connectivity index (χ1n) is 7.75. The number of rotatable bonds is 7. The first-order chi connectivity index (χ1) is 12.3. The van der Waals surface area contributed by atoms with Crippen molar-refractivity contribution in [2.45, 2.75) is 6.54 Å². The van der Waals surface area contributed by atoms with Gasteiger partial charge in [0.25, 0.3) is 0 Å². The van der Waals surface area contributed by atoms with Gasteiger partial charge in [-0.3, -0.25) is 9.78 Å². The van der Waals surface area contributed by atoms with Gasteiger partial charge in [0.15, 0.2) is 0 Å². The number of amides is 1. The maximum atomic E-state index is 12.0. The summed E-state index contributed by atoms with van der Waals surface area (Å²) in [5.41, 5.74) is 1.39. The maximum absolute atomic E-state index is 12.0. The minimum atomic E-state index is -0.231. The lowest BCUT2D eigenvalue weighted by Gasteiger charge is -2.08. The quantitative estimate of drug-likeness (QED) is 0.671. The van der Waals surface area contributed by atoms with Gasteiger partial charge < -0.3 is 10.1 Å². The van der Waals surface area contributed by atoms with Crippen molar-refractivity contribution in [2.75, 3.05) is 11.9 Å². The van der Waals surface area contributed by atoms with Crippen molar-refractivity contribution in [2.24, 2.45) is 0 Å². The number of hydrogen-bond acceptors (Lipinski definition) is 5. The third-order valence-electron chi connectivity index (χ3n) is 3.25. The largest absolute Gasteiger partial charge is 0.492 e. The van der Waals surface area contributed by atoms with Crippen molar-refractivity contribution in [3.63, 3.8) is 0 Å². The van der Waals surface area contributed by atoms with Crippen LogP contribution in [0, 0.1) is 0 Å². The maximum Gasteiger partial charge on any atom is 0.248 e. The summed E-state index contributed by atoms with van der Waals surface area (Å²) < 4.78 is 7.35. The van der Waals surface area contributed by atoms with Gasteiger partial charge in [-0.1, -0.05) is 12.1 Å². The number of aromatic nitrogens is 4. The molecular weight excluding hydrogens is 318 g/mol. The number of hydrogen-bond donors (Lipinski definition) is 1. The smallest absolute Gasteiger partial charge is 0.248 e. The summed E-state index contributed by atoms with van der Waals surface area (Å²) in [6, 6.07) is 12.7. The van der Waals surface area contributed by atoms with E-state index in [9.17, 15) is 4.79 Å². The fourth-order valence-corrected chi connectivity index (χ4v) is 2.09. The molecule has 0 aliphatic heterocycles. The van der Waals surface area contributed by atoms with E-state index in [1.165, 1.54) is 12.4 Å². The monoisotopic (exact) mass is 335 g/mol. The number of nitrogens with zero attached hydrogens (tertiary/aromatic N) is 4. The Balaban J connectivity index is 1.52. The number of ether oxygens (including phenoxy) is 1. The summed E-state index contributed by atoms with van der Waals surface area (Å²) in [6.45, 7) is 1.06. The molecule has 0 bridgehead atoms. The molecule has 0 unspecified atom stereocenters. The molecule has 2 aromatic heterocycles. The van der Waals surface area contributed by atoms with E-state index >= 15 is 0 Å². The van der Waals surface area contributed by atoms with Gasteiger partial charge in [0.05, 0.1) is 12.2 Å². The second kappa shape index (κ2) is 8.39. The van der Waals surface area contributed by atoms with Gasteiger partial charge in [0, 0.05) is 24.0 Å². The fraction of sp³-hybridized carbons (Fsp3) is 0.111. The van der Waals surface area contributed by atoms with Crippen molar-refractivity contribution >= 4 is 17.7 Å². The Hall–Kier alpha value is -3.48. The highest BCUT2D eigenvalue weighted by Gasteiger charge is 2.01. The second-order valence-corrected chi connectivity index (χ2v) is 5.11. The highest BCUT2D eigenvalue weighted by molar-refractivity contribution is 6.01. The molecule has 0 aliphatic rings. The van der Waals surface area contributed by atoms with Gasteiger partial charge in [-0.25, -0.2) is 9.67 Å². The van der Waals surface area contributed by atoms with Crippen molar-refractivity contribution < 1.29 is 9.53 Å². The number of pyridine rings is 1. The van der Waals surface area contributed by atoms with Crippen molar-refractivity contribution in [3.8, 4) is 5.75 Å². The molecular formula is C18H17N5O2. The predicted molar refractivity (Wildman–Crippen MR) is 93.9 cm³/mol. The van der Waals surface area contributed by atoms with Crippen LogP contribution >= 0.6 is 0 Å². The van der Waals surface area contributed by atoms with E-state index < -0.39 is 0 Å². The molecule has 25 heavy (non-hydrogen) atoms. The zero-order valence-corrected chi connectivity index (χ0v) is 13.4. The third-order valence-corrected chi connectivity index (χ3v) is 3.25. The molecule has 7 heteroatoms. The first-order valence-corrected chi connectivity index (χ1v) is 7.75. The van der Waals surface area contributed by atoms with Crippen LogP contribution in [-0.2, 0) is 11.3 Å². The fourth-order valence-electron chi connectivity index (χ4n) is 2.09. The number of benzene rings is 1. The van der Waals surface area contributed by atoms with Crippen LogP contribution in [0.4, 0.5) is 5.69 Å². The van der Waals surface area contributed by atoms with Crippen molar-refractivity contribution in [1.29, 1.82) is 0 Å². The Morgan fingerprint density at radius 2 is 2.20 bits per heavy atom. The van der Waals surface area contributed by atoms with E-state index in [4.69, 9.17) is 4.74 Å². The lowest BCUT2D eigenvalue weighted by molar-refractivity contribution is -0.111. The zero-order chi connectivity index (χ0) is 17.3. The molecule has 0 saturated carbocycles. The molecule has 0 spiro atoms. The van der Waals surface area contributed by atoms with Crippen LogP contribution in [0.5, 0.6) is 5.75 Å². The normalized spacial score (nSPS) is 10.7. The van der Waals surface area contributed by atoms with E-state index in [1.807, 2.05) is 30.3 Å². The summed E-state index contributed by atoms with van der Waals surface area (Å²) in [6.07, 6.45) is 7.90. The van der Waals surface area contributed by atoms with Gasteiger partial charge in [-0.15, -0.1) is 0 Å². The second-order valence-electron chi connectivity index (χ2n) is 5.11. The molecule has 1 amide bonds. The van der Waals surface area contributed by atoms with E-state index in [1.54, 1.807) is 35.4 Å². The highest BCUT2D eigenvalue weighted by atomic mass is 16.5. The average molecular weight is 335 g/mol. The molecule has 3 rings (SSSR count). The van der Waals surface area contributed by atoms with Gasteiger partial charge in [-0.05, 0) is 30.3 Å². The third kappa shape index (κ3) is 5.28. The van der Waals surface area contributed by atoms with Gasteiger partial charge >= 0.3 is 0 Å². The van der Waals surface area contributed by atoms with Gasteiger partial charge in [0.2, 0.25) is 5.91 Å². The molecule has 0 aliphatic carbocycles. The molecule has 1 N–H and O–H groups in total. The molecule has 1 aromatic carbocycles. The number of nitrogens with one attached hydrogen (secondary N) is 1. The zero-order valence-electron chi connectivity index (χ0n) is 13.4. The lowest BCUT2D eigenvalue weighted by atomic mass is 10.3. The Kier molecular flexibility index (Phi) is 5.50. The van der Waals surface area contributed by atoms with E-state index in [0.717, 1.165) is 5.69 Å². The molecule has 126 valence electrons. The number of carbonyl (C=O) groups excluding carboxylic acids is 1. The average Bonchev–Trinajstić information content (AvgIpc) is 3.15. The van der Waals surface area contributed by atoms with Crippen LogP contribution < -0.4 is 10.1 Å². The van der Waals surface area contributed by atoms with E-state index in [-0.39, 0.29) is 5.91 Å². The summed E-state index contributed by atoms with van der Waals surface area (Å²) in [5.74, 6) is 0.442. The molecule has 2 heterocycles. The summed E-state index contributed by atoms with van der Waals surface area (Å²) in [5, 5.41) is 6.80. The van der Waals surface area contributed by atoms with Gasteiger partial charge in [0.1, 0.15) is 25.0 Å². The van der Waals surface area contributed by atoms with Crippen LogP contribution in [0.15, 0.2) is 67.4 Å². The minimum Gasteiger partial charge on any atom is -0.492 e. The molecule has 0 saturated heterocycles. The Bertz CT molecular complexity index is 832. The Morgan fingerprint density at radius 3 is 3.00 bits per heavy atom. The molecule has 7 nitrogen and oxygen atoms in total. The minimum absolute atomic E-state index is 0.231. The van der Waals surface area contributed by atoms with Crippen LogP contribution in [0.1, 0.15) is 5.69 Å². The van der Waals surface area contributed by atoms with Crippen LogP contribution in [-0.4, -0.2) is 32.3 Å². The Labute approximate surface area is 145 Å². The standard InChI is InChI=1S/C18H17N5O2/c24-18(8-7-15-4-1-2-9-20-15)22-16-5-3-6-17(12-16)25-11-10-23-14-19-13-21-23/h1-9,12-14H,10-11H2,(H,22,24)/b8-7+. The molecule has 0 atom stereocenters. The number of carbonyl (C=O) groups is 1. The summed E-state index contributed by atoms with van der Waals surface area (Å²) in [4.78, 5) is 20.0. The predicted octanol–water partition coefficient (Wildman–Crippen LogP) is 2.40. The van der Waals surface area contributed by atoms with Crippen LogP contribution in [0.2, 0.25) is 0 Å². The summed E-state index contributed by atoms with van der Waals surface area (Å²) >= 11 is 0. The molecule has 0 radical (unpaired) electrons. The SMILES string of the molecule is O=C(/C=C/c1ccccn1)Nc1cccc(OCCn2cncn2)c1. The summed E-state index contributed by atoms with van der Waals surface area (Å²) in [7, 11) is 0.